The van der Waals surface area contributed by atoms with E-state index < -0.39 is 23.8 Å². The quantitative estimate of drug-likeness (QED) is 0.601. The maximum Gasteiger partial charge on any atom is 0.317 e. The van der Waals surface area contributed by atoms with E-state index in [0.29, 0.717) is 19.4 Å². The molecule has 1 aliphatic heterocycles. The molecule has 7 nitrogen and oxygen atoms in total. The van der Waals surface area contributed by atoms with Crippen molar-refractivity contribution in [2.75, 3.05) is 13.1 Å². The van der Waals surface area contributed by atoms with Gasteiger partial charge in [0.1, 0.15) is 0 Å². The monoisotopic (exact) mass is 424 g/mol. The third kappa shape index (κ3) is 6.07. The Morgan fingerprint density at radius 3 is 2.26 bits per heavy atom. The summed E-state index contributed by atoms with van der Waals surface area (Å²) in [7, 11) is 0. The SMILES string of the molecule is C[C@H](C[C@@H](Cc1ccc(-c2ccccc2)cc1)NC(=O)N1CC[C@H](C(=O)O)C1)C(=O)O. The number of nitrogens with zero attached hydrogens (tertiary/aromatic N) is 1. The van der Waals surface area contributed by atoms with Crippen LogP contribution in [0.5, 0.6) is 0 Å². The number of amides is 2. The van der Waals surface area contributed by atoms with Crippen LogP contribution in [-0.2, 0) is 16.0 Å². The van der Waals surface area contributed by atoms with Crippen LogP contribution in [0.4, 0.5) is 4.79 Å². The summed E-state index contributed by atoms with van der Waals surface area (Å²) in [4.78, 5) is 36.7. The first kappa shape index (κ1) is 22.3. The number of carbonyl (C=O) groups is 3. The first-order valence-corrected chi connectivity index (χ1v) is 10.5. The molecule has 3 rings (SSSR count). The molecule has 31 heavy (non-hydrogen) atoms. The molecule has 0 aliphatic carbocycles. The molecule has 1 fully saturated rings. The summed E-state index contributed by atoms with van der Waals surface area (Å²) < 4.78 is 0. The molecule has 0 aromatic heterocycles. The molecule has 7 heteroatoms. The lowest BCUT2D eigenvalue weighted by Crippen LogP contribution is -2.46. The number of rotatable bonds is 8. The first-order valence-electron chi connectivity index (χ1n) is 10.5. The molecule has 2 aromatic carbocycles. The van der Waals surface area contributed by atoms with Gasteiger partial charge in [0.2, 0.25) is 0 Å². The molecule has 3 atom stereocenters. The summed E-state index contributed by atoms with van der Waals surface area (Å²) in [5.41, 5.74) is 3.19. The minimum Gasteiger partial charge on any atom is -0.481 e. The Kier molecular flexibility index (Phi) is 7.28. The van der Waals surface area contributed by atoms with Gasteiger partial charge in [-0.25, -0.2) is 4.79 Å². The van der Waals surface area contributed by atoms with Gasteiger partial charge in [0.05, 0.1) is 11.8 Å². The van der Waals surface area contributed by atoms with Crippen molar-refractivity contribution >= 4 is 18.0 Å². The fraction of sp³-hybridized carbons (Fsp3) is 0.375. The molecule has 0 radical (unpaired) electrons. The highest BCUT2D eigenvalue weighted by atomic mass is 16.4. The van der Waals surface area contributed by atoms with Crippen LogP contribution < -0.4 is 5.32 Å². The summed E-state index contributed by atoms with van der Waals surface area (Å²) in [6.07, 6.45) is 1.21. The van der Waals surface area contributed by atoms with Gasteiger partial charge >= 0.3 is 18.0 Å². The number of carboxylic acids is 2. The van der Waals surface area contributed by atoms with Crippen LogP contribution >= 0.6 is 0 Å². The number of urea groups is 1. The van der Waals surface area contributed by atoms with E-state index in [4.69, 9.17) is 5.11 Å². The summed E-state index contributed by atoms with van der Waals surface area (Å²) in [6, 6.07) is 17.3. The number of hydrogen-bond acceptors (Lipinski definition) is 3. The van der Waals surface area contributed by atoms with Crippen molar-refractivity contribution < 1.29 is 24.6 Å². The Balaban J connectivity index is 1.68. The standard InChI is InChI=1S/C24H28N2O5/c1-16(22(27)28)13-21(25-24(31)26-12-11-20(15-26)23(29)30)14-17-7-9-19(10-8-17)18-5-3-2-4-6-18/h2-10,16,20-21H,11-15H2,1H3,(H,25,31)(H,27,28)(H,29,30)/t16-,20+,21+/m1/s1. The van der Waals surface area contributed by atoms with Gasteiger partial charge in [0.15, 0.2) is 0 Å². The van der Waals surface area contributed by atoms with E-state index in [0.717, 1.165) is 16.7 Å². The number of aliphatic carboxylic acids is 2. The van der Waals surface area contributed by atoms with Crippen LogP contribution in [0.25, 0.3) is 11.1 Å². The first-order chi connectivity index (χ1) is 14.8. The van der Waals surface area contributed by atoms with E-state index in [2.05, 4.69) is 5.32 Å². The predicted molar refractivity (Wildman–Crippen MR) is 117 cm³/mol. The third-order valence-electron chi connectivity index (χ3n) is 5.76. The van der Waals surface area contributed by atoms with Gasteiger partial charge in [-0.1, -0.05) is 61.5 Å². The van der Waals surface area contributed by atoms with Crippen molar-refractivity contribution in [2.45, 2.75) is 32.2 Å². The molecule has 1 aliphatic rings. The van der Waals surface area contributed by atoms with Crippen LogP contribution in [0.15, 0.2) is 54.6 Å². The van der Waals surface area contributed by atoms with Gasteiger partial charge < -0.3 is 20.4 Å². The van der Waals surface area contributed by atoms with Crippen molar-refractivity contribution in [1.29, 1.82) is 0 Å². The average Bonchev–Trinajstić information content (AvgIpc) is 3.25. The predicted octanol–water partition coefficient (Wildman–Crippen LogP) is 3.49. The van der Waals surface area contributed by atoms with Gasteiger partial charge in [-0.3, -0.25) is 9.59 Å². The highest BCUT2D eigenvalue weighted by Gasteiger charge is 2.32. The van der Waals surface area contributed by atoms with Gasteiger partial charge in [-0.2, -0.15) is 0 Å². The van der Waals surface area contributed by atoms with E-state index >= 15 is 0 Å². The largest absolute Gasteiger partial charge is 0.481 e. The minimum atomic E-state index is -0.911. The highest BCUT2D eigenvalue weighted by Crippen LogP contribution is 2.21. The number of carbonyl (C=O) groups excluding carboxylic acids is 1. The highest BCUT2D eigenvalue weighted by molar-refractivity contribution is 5.78. The zero-order valence-corrected chi connectivity index (χ0v) is 17.5. The van der Waals surface area contributed by atoms with Crippen LogP contribution in [0, 0.1) is 11.8 Å². The molecule has 2 amide bonds. The van der Waals surface area contributed by atoms with Gasteiger partial charge in [-0.15, -0.1) is 0 Å². The van der Waals surface area contributed by atoms with E-state index in [1.807, 2.05) is 54.6 Å². The molecular formula is C24H28N2O5. The molecule has 0 bridgehead atoms. The number of nitrogens with one attached hydrogen (secondary N) is 1. The maximum absolute atomic E-state index is 12.7. The normalized spacial score (nSPS) is 17.7. The Labute approximate surface area is 181 Å². The molecule has 2 aromatic rings. The molecule has 0 spiro atoms. The fourth-order valence-corrected chi connectivity index (χ4v) is 3.88. The molecule has 3 N–H and O–H groups in total. The van der Waals surface area contributed by atoms with Crippen molar-refractivity contribution in [3.05, 3.63) is 60.2 Å². The second-order valence-corrected chi connectivity index (χ2v) is 8.16. The second-order valence-electron chi connectivity index (χ2n) is 8.16. The number of carboxylic acid groups (broad SMARTS) is 2. The molecular weight excluding hydrogens is 396 g/mol. The van der Waals surface area contributed by atoms with Gasteiger partial charge in [0, 0.05) is 19.1 Å². The third-order valence-corrected chi connectivity index (χ3v) is 5.76. The second kappa shape index (κ2) is 10.1. The number of benzene rings is 2. The summed E-state index contributed by atoms with van der Waals surface area (Å²) in [6.45, 7) is 2.18. The van der Waals surface area contributed by atoms with E-state index in [9.17, 15) is 19.5 Å². The van der Waals surface area contributed by atoms with Gasteiger partial charge in [0.25, 0.3) is 0 Å². The molecule has 164 valence electrons. The zero-order valence-electron chi connectivity index (χ0n) is 17.5. The fourth-order valence-electron chi connectivity index (χ4n) is 3.88. The van der Waals surface area contributed by atoms with Crippen molar-refractivity contribution in [1.82, 2.24) is 10.2 Å². The Bertz CT molecular complexity index is 913. The summed E-state index contributed by atoms with van der Waals surface area (Å²) in [5.74, 6) is -2.97. The smallest absolute Gasteiger partial charge is 0.317 e. The molecule has 0 unspecified atom stereocenters. The minimum absolute atomic E-state index is 0.175. The van der Waals surface area contributed by atoms with Crippen LogP contribution in [0.3, 0.4) is 0 Å². The van der Waals surface area contributed by atoms with Crippen molar-refractivity contribution in [3.8, 4) is 11.1 Å². The summed E-state index contributed by atoms with van der Waals surface area (Å²) in [5, 5.41) is 21.4. The lowest BCUT2D eigenvalue weighted by Gasteiger charge is -2.25. The van der Waals surface area contributed by atoms with Crippen molar-refractivity contribution in [2.24, 2.45) is 11.8 Å². The molecule has 1 saturated heterocycles. The molecule has 0 saturated carbocycles. The average molecular weight is 424 g/mol. The van der Waals surface area contributed by atoms with E-state index in [1.165, 1.54) is 4.90 Å². The number of likely N-dealkylation sites (tertiary alicyclic amines) is 1. The van der Waals surface area contributed by atoms with Crippen LogP contribution in [0.2, 0.25) is 0 Å². The van der Waals surface area contributed by atoms with E-state index in [-0.39, 0.29) is 25.0 Å². The Morgan fingerprint density at radius 1 is 1.03 bits per heavy atom. The topological polar surface area (TPSA) is 107 Å². The Hall–Kier alpha value is -3.35. The lowest BCUT2D eigenvalue weighted by molar-refractivity contribution is -0.142. The van der Waals surface area contributed by atoms with Crippen molar-refractivity contribution in [3.63, 3.8) is 0 Å². The van der Waals surface area contributed by atoms with Gasteiger partial charge in [-0.05, 0) is 36.0 Å². The number of hydrogen-bond donors (Lipinski definition) is 3. The molecule has 1 heterocycles. The van der Waals surface area contributed by atoms with Crippen LogP contribution in [0.1, 0.15) is 25.3 Å². The summed E-state index contributed by atoms with van der Waals surface area (Å²) >= 11 is 0. The zero-order chi connectivity index (χ0) is 22.4. The van der Waals surface area contributed by atoms with Crippen LogP contribution in [-0.4, -0.2) is 52.2 Å². The maximum atomic E-state index is 12.7. The lowest BCUT2D eigenvalue weighted by atomic mass is 9.95. The Morgan fingerprint density at radius 2 is 1.68 bits per heavy atom. The van der Waals surface area contributed by atoms with E-state index in [1.54, 1.807) is 6.92 Å².